The molecule has 0 radical (unpaired) electrons. The Bertz CT molecular complexity index is 988. The first kappa shape index (κ1) is 22.1. The first-order chi connectivity index (χ1) is 15.1. The van der Waals surface area contributed by atoms with E-state index in [0.717, 1.165) is 16.9 Å². The number of hydrogen-bond donors (Lipinski definition) is 3. The molecule has 3 N–H and O–H groups in total. The molecule has 2 amide bonds. The van der Waals surface area contributed by atoms with Gasteiger partial charge >= 0.3 is 0 Å². The van der Waals surface area contributed by atoms with E-state index in [9.17, 15) is 9.59 Å². The Morgan fingerprint density at radius 2 is 1.45 bits per heavy atom. The number of carbonyl (C=O) groups is 2. The first-order valence-corrected chi connectivity index (χ1v) is 10.2. The highest BCUT2D eigenvalue weighted by Crippen LogP contribution is 2.16. The van der Waals surface area contributed by atoms with Crippen LogP contribution in [0.3, 0.4) is 0 Å². The molecule has 0 fully saturated rings. The number of carbonyl (C=O) groups excluding carboxylic acids is 2. The predicted octanol–water partition coefficient (Wildman–Crippen LogP) is 3.99. The van der Waals surface area contributed by atoms with Crippen LogP contribution in [0.4, 0.5) is 11.4 Å². The Morgan fingerprint density at radius 1 is 0.774 bits per heavy atom. The summed E-state index contributed by atoms with van der Waals surface area (Å²) in [5.74, 6) is 0.586. The molecule has 0 heterocycles. The Hall–Kier alpha value is -3.64. The zero-order valence-corrected chi connectivity index (χ0v) is 17.6. The zero-order valence-electron chi connectivity index (χ0n) is 17.6. The molecule has 0 bridgehead atoms. The molecule has 0 spiro atoms. The highest BCUT2D eigenvalue weighted by molar-refractivity contribution is 5.94. The van der Waals surface area contributed by atoms with Gasteiger partial charge in [0.1, 0.15) is 5.75 Å². The lowest BCUT2D eigenvalue weighted by Gasteiger charge is -2.10. The maximum absolute atomic E-state index is 12.2. The van der Waals surface area contributed by atoms with Gasteiger partial charge < -0.3 is 20.7 Å². The first-order valence-electron chi connectivity index (χ1n) is 10.2. The lowest BCUT2D eigenvalue weighted by molar-refractivity contribution is -0.116. The highest BCUT2D eigenvalue weighted by atomic mass is 16.5. The van der Waals surface area contributed by atoms with Gasteiger partial charge in [-0.05, 0) is 47.9 Å². The molecular weight excluding hydrogens is 390 g/mol. The van der Waals surface area contributed by atoms with Crippen molar-refractivity contribution >= 4 is 23.2 Å². The van der Waals surface area contributed by atoms with E-state index in [4.69, 9.17) is 4.74 Å². The summed E-state index contributed by atoms with van der Waals surface area (Å²) in [6, 6.07) is 24.7. The molecule has 3 aromatic rings. The number of rotatable bonds is 10. The van der Waals surface area contributed by atoms with Gasteiger partial charge in [0.25, 0.3) is 0 Å². The molecule has 160 valence electrons. The van der Waals surface area contributed by atoms with Crippen LogP contribution in [-0.4, -0.2) is 25.5 Å². The monoisotopic (exact) mass is 417 g/mol. The molecule has 0 atom stereocenters. The fraction of sp³-hybridized carbons (Fsp3) is 0.200. The van der Waals surface area contributed by atoms with E-state index >= 15 is 0 Å². The van der Waals surface area contributed by atoms with E-state index in [1.807, 2.05) is 54.6 Å². The zero-order chi connectivity index (χ0) is 21.9. The van der Waals surface area contributed by atoms with Crippen LogP contribution < -0.4 is 20.7 Å². The Kier molecular flexibility index (Phi) is 8.20. The summed E-state index contributed by atoms with van der Waals surface area (Å²) in [5.41, 5.74) is 3.48. The molecule has 31 heavy (non-hydrogen) atoms. The SMILES string of the molecule is COc1ccc(CNCC(=O)Nc2cccc(NC(=O)CCc3ccccc3)c2)cc1. The second-order valence-corrected chi connectivity index (χ2v) is 7.11. The van der Waals surface area contributed by atoms with Crippen molar-refractivity contribution in [1.29, 1.82) is 0 Å². The number of amides is 2. The number of anilines is 2. The van der Waals surface area contributed by atoms with Crippen molar-refractivity contribution in [2.45, 2.75) is 19.4 Å². The summed E-state index contributed by atoms with van der Waals surface area (Å²) in [6.45, 7) is 0.759. The molecule has 6 heteroatoms. The van der Waals surface area contributed by atoms with Gasteiger partial charge in [-0.1, -0.05) is 48.5 Å². The fourth-order valence-electron chi connectivity index (χ4n) is 3.07. The topological polar surface area (TPSA) is 79.5 Å². The lowest BCUT2D eigenvalue weighted by Crippen LogP contribution is -2.27. The predicted molar refractivity (Wildman–Crippen MR) is 123 cm³/mol. The van der Waals surface area contributed by atoms with Gasteiger partial charge in [0, 0.05) is 24.3 Å². The number of hydrogen-bond acceptors (Lipinski definition) is 4. The third-order valence-electron chi connectivity index (χ3n) is 4.69. The van der Waals surface area contributed by atoms with E-state index in [-0.39, 0.29) is 18.4 Å². The molecule has 0 saturated carbocycles. The van der Waals surface area contributed by atoms with Crippen molar-refractivity contribution in [2.75, 3.05) is 24.3 Å². The van der Waals surface area contributed by atoms with Crippen LogP contribution in [0.2, 0.25) is 0 Å². The van der Waals surface area contributed by atoms with Gasteiger partial charge in [0.2, 0.25) is 11.8 Å². The fourth-order valence-corrected chi connectivity index (χ4v) is 3.07. The summed E-state index contributed by atoms with van der Waals surface area (Å²) in [5, 5.41) is 8.84. The quantitative estimate of drug-likeness (QED) is 0.466. The van der Waals surface area contributed by atoms with Crippen molar-refractivity contribution < 1.29 is 14.3 Å². The average Bonchev–Trinajstić information content (AvgIpc) is 2.79. The summed E-state index contributed by atoms with van der Waals surface area (Å²) < 4.78 is 5.13. The van der Waals surface area contributed by atoms with Crippen LogP contribution in [0.25, 0.3) is 0 Å². The number of aryl methyl sites for hydroxylation is 1. The van der Waals surface area contributed by atoms with Crippen LogP contribution in [0.15, 0.2) is 78.9 Å². The van der Waals surface area contributed by atoms with Gasteiger partial charge in [-0.3, -0.25) is 9.59 Å². The van der Waals surface area contributed by atoms with Crippen LogP contribution in [0.1, 0.15) is 17.5 Å². The lowest BCUT2D eigenvalue weighted by atomic mass is 10.1. The minimum Gasteiger partial charge on any atom is -0.497 e. The van der Waals surface area contributed by atoms with Crippen LogP contribution in [0.5, 0.6) is 5.75 Å². The van der Waals surface area contributed by atoms with Gasteiger partial charge in [-0.25, -0.2) is 0 Å². The maximum atomic E-state index is 12.2. The van der Waals surface area contributed by atoms with Crippen LogP contribution >= 0.6 is 0 Å². The second kappa shape index (κ2) is 11.5. The number of benzene rings is 3. The maximum Gasteiger partial charge on any atom is 0.238 e. The standard InChI is InChI=1S/C25H27N3O3/c1-31-23-13-10-20(11-14-23)17-26-18-25(30)28-22-9-5-8-21(16-22)27-24(29)15-12-19-6-3-2-4-7-19/h2-11,13-14,16,26H,12,15,17-18H2,1H3,(H,27,29)(H,28,30). The summed E-state index contributed by atoms with van der Waals surface area (Å²) >= 11 is 0. The van der Waals surface area contributed by atoms with E-state index in [1.165, 1.54) is 0 Å². The minimum absolute atomic E-state index is 0.0616. The van der Waals surface area contributed by atoms with Gasteiger partial charge in [-0.15, -0.1) is 0 Å². The average molecular weight is 418 g/mol. The molecule has 0 aliphatic carbocycles. The Morgan fingerprint density at radius 3 is 2.13 bits per heavy atom. The van der Waals surface area contributed by atoms with E-state index in [1.54, 1.807) is 31.4 Å². The van der Waals surface area contributed by atoms with Crippen molar-refractivity contribution in [1.82, 2.24) is 5.32 Å². The van der Waals surface area contributed by atoms with Crippen molar-refractivity contribution in [3.63, 3.8) is 0 Å². The Balaban J connectivity index is 1.42. The minimum atomic E-state index is -0.152. The number of nitrogens with one attached hydrogen (secondary N) is 3. The van der Waals surface area contributed by atoms with Crippen molar-refractivity contribution in [2.24, 2.45) is 0 Å². The second-order valence-electron chi connectivity index (χ2n) is 7.11. The molecule has 3 rings (SSSR count). The largest absolute Gasteiger partial charge is 0.497 e. The van der Waals surface area contributed by atoms with Crippen molar-refractivity contribution in [3.8, 4) is 5.75 Å². The summed E-state index contributed by atoms with van der Waals surface area (Å²) in [4.78, 5) is 24.4. The van der Waals surface area contributed by atoms with Crippen LogP contribution in [0, 0.1) is 0 Å². The van der Waals surface area contributed by atoms with Gasteiger partial charge in [0.15, 0.2) is 0 Å². The van der Waals surface area contributed by atoms with Gasteiger partial charge in [0.05, 0.1) is 13.7 Å². The smallest absolute Gasteiger partial charge is 0.238 e. The third kappa shape index (κ3) is 7.60. The number of methoxy groups -OCH3 is 1. The third-order valence-corrected chi connectivity index (χ3v) is 4.69. The summed E-state index contributed by atoms with van der Waals surface area (Å²) in [7, 11) is 1.63. The molecule has 0 unspecified atom stereocenters. The normalized spacial score (nSPS) is 10.4. The number of ether oxygens (including phenoxy) is 1. The molecule has 0 aliphatic heterocycles. The molecular formula is C25H27N3O3. The van der Waals surface area contributed by atoms with E-state index in [2.05, 4.69) is 16.0 Å². The van der Waals surface area contributed by atoms with Gasteiger partial charge in [-0.2, -0.15) is 0 Å². The molecule has 0 aliphatic rings. The van der Waals surface area contributed by atoms with Crippen molar-refractivity contribution in [3.05, 3.63) is 90.0 Å². The van der Waals surface area contributed by atoms with E-state index < -0.39 is 0 Å². The summed E-state index contributed by atoms with van der Waals surface area (Å²) in [6.07, 6.45) is 1.08. The van der Waals surface area contributed by atoms with E-state index in [0.29, 0.717) is 30.8 Å². The Labute approximate surface area is 182 Å². The molecule has 0 aromatic heterocycles. The molecule has 0 saturated heterocycles. The molecule has 6 nitrogen and oxygen atoms in total. The van der Waals surface area contributed by atoms with Crippen LogP contribution in [-0.2, 0) is 22.6 Å². The highest BCUT2D eigenvalue weighted by Gasteiger charge is 2.06. The molecule has 3 aromatic carbocycles.